The molecule has 0 fully saturated rings. The van der Waals surface area contributed by atoms with Gasteiger partial charge in [-0.1, -0.05) is 17.7 Å². The highest BCUT2D eigenvalue weighted by Crippen LogP contribution is 2.23. The molecule has 0 atom stereocenters. The van der Waals surface area contributed by atoms with E-state index in [4.69, 9.17) is 16.3 Å². The Morgan fingerprint density at radius 3 is 2.84 bits per heavy atom. The number of hydrogen-bond acceptors (Lipinski definition) is 4. The Morgan fingerprint density at radius 2 is 2.16 bits per heavy atom. The fourth-order valence-electron chi connectivity index (χ4n) is 2.35. The third-order valence-electron chi connectivity index (χ3n) is 3.56. The van der Waals surface area contributed by atoms with E-state index in [0.29, 0.717) is 34.4 Å². The highest BCUT2D eigenvalue weighted by Gasteiger charge is 2.16. The lowest BCUT2D eigenvalue weighted by Crippen LogP contribution is -2.08. The van der Waals surface area contributed by atoms with E-state index < -0.39 is 5.82 Å². The smallest absolute Gasteiger partial charge is 0.247 e. The molecule has 0 amide bonds. The van der Waals surface area contributed by atoms with Gasteiger partial charge in [-0.25, -0.2) is 14.1 Å². The van der Waals surface area contributed by atoms with Crippen LogP contribution in [0.1, 0.15) is 18.3 Å². The highest BCUT2D eigenvalue weighted by molar-refractivity contribution is 6.31. The van der Waals surface area contributed by atoms with Crippen LogP contribution < -0.4 is 5.56 Å². The van der Waals surface area contributed by atoms with Crippen LogP contribution in [0.3, 0.4) is 0 Å². The number of pyridine rings is 1. The predicted octanol–water partition coefficient (Wildman–Crippen LogP) is 3.01. The van der Waals surface area contributed by atoms with E-state index in [2.05, 4.69) is 15.1 Å². The largest absolute Gasteiger partial charge is 0.374 e. The van der Waals surface area contributed by atoms with Crippen molar-refractivity contribution in [3.05, 3.63) is 69.1 Å². The van der Waals surface area contributed by atoms with Gasteiger partial charge in [-0.3, -0.25) is 4.79 Å². The molecule has 6 nitrogen and oxygen atoms in total. The fraction of sp³-hybridized carbons (Fsp3) is 0.235. The van der Waals surface area contributed by atoms with Gasteiger partial charge < -0.3 is 9.72 Å². The van der Waals surface area contributed by atoms with Crippen molar-refractivity contribution in [3.8, 4) is 11.4 Å². The summed E-state index contributed by atoms with van der Waals surface area (Å²) in [5.74, 6) is 0.544. The summed E-state index contributed by atoms with van der Waals surface area (Å²) >= 11 is 6.12. The van der Waals surface area contributed by atoms with Crippen molar-refractivity contribution in [1.82, 2.24) is 19.7 Å². The summed E-state index contributed by atoms with van der Waals surface area (Å²) in [7, 11) is 0. The molecule has 2 aromatic heterocycles. The van der Waals surface area contributed by atoms with Crippen LogP contribution in [-0.4, -0.2) is 26.4 Å². The minimum atomic E-state index is -0.415. The van der Waals surface area contributed by atoms with Crippen LogP contribution in [0.2, 0.25) is 5.02 Å². The first-order valence-corrected chi connectivity index (χ1v) is 8.09. The first-order chi connectivity index (χ1) is 12.1. The van der Waals surface area contributed by atoms with Crippen molar-refractivity contribution < 1.29 is 9.13 Å². The minimum absolute atomic E-state index is 0.110. The predicted molar refractivity (Wildman–Crippen MR) is 91.9 cm³/mol. The molecule has 1 aromatic carbocycles. The molecular formula is C17H16ClFN4O2. The summed E-state index contributed by atoms with van der Waals surface area (Å²) in [6, 6.07) is 7.54. The van der Waals surface area contributed by atoms with Crippen LogP contribution in [0.15, 0.2) is 41.3 Å². The quantitative estimate of drug-likeness (QED) is 0.731. The molecule has 3 rings (SSSR count). The summed E-state index contributed by atoms with van der Waals surface area (Å²) in [5.41, 5.74) is 0.756. The highest BCUT2D eigenvalue weighted by atomic mass is 35.5. The zero-order valence-corrected chi connectivity index (χ0v) is 14.3. The Bertz CT molecular complexity index is 898. The number of nitrogens with one attached hydrogen (secondary N) is 1. The maximum Gasteiger partial charge on any atom is 0.247 e. The molecule has 0 aliphatic carbocycles. The normalized spacial score (nSPS) is 11.0. The third-order valence-corrected chi connectivity index (χ3v) is 3.92. The number of nitrogens with zero attached hydrogens (tertiary/aromatic N) is 3. The first-order valence-electron chi connectivity index (χ1n) is 7.72. The summed E-state index contributed by atoms with van der Waals surface area (Å²) < 4.78 is 21.0. The molecule has 8 heteroatoms. The van der Waals surface area contributed by atoms with Crippen LogP contribution in [0.25, 0.3) is 11.4 Å². The Hall–Kier alpha value is -2.51. The molecule has 0 radical (unpaired) electrons. The molecule has 0 bridgehead atoms. The SMILES string of the molecule is CCOCc1nc(-c2ccc(=O)[nH]c2)n(Cc2c(F)cccc2Cl)n1. The maximum atomic E-state index is 14.1. The average molecular weight is 363 g/mol. The van der Waals surface area contributed by atoms with Gasteiger partial charge in [-0.15, -0.1) is 0 Å². The van der Waals surface area contributed by atoms with Crippen LogP contribution >= 0.6 is 11.6 Å². The fourth-order valence-corrected chi connectivity index (χ4v) is 2.57. The second kappa shape index (κ2) is 7.58. The van der Waals surface area contributed by atoms with Crippen molar-refractivity contribution >= 4 is 11.6 Å². The van der Waals surface area contributed by atoms with Gasteiger partial charge in [0.2, 0.25) is 5.56 Å². The van der Waals surface area contributed by atoms with Crippen LogP contribution in [0.5, 0.6) is 0 Å². The zero-order chi connectivity index (χ0) is 17.8. The lowest BCUT2D eigenvalue weighted by atomic mass is 10.2. The Labute approximate surface area is 148 Å². The van der Waals surface area contributed by atoms with E-state index in [1.54, 1.807) is 22.9 Å². The molecule has 1 N–H and O–H groups in total. The van der Waals surface area contributed by atoms with Gasteiger partial charge in [-0.05, 0) is 25.1 Å². The van der Waals surface area contributed by atoms with Crippen molar-refractivity contribution in [1.29, 1.82) is 0 Å². The number of aromatic nitrogens is 4. The van der Waals surface area contributed by atoms with E-state index in [0.717, 1.165) is 0 Å². The van der Waals surface area contributed by atoms with Gasteiger partial charge in [0.25, 0.3) is 0 Å². The van der Waals surface area contributed by atoms with Gasteiger partial charge in [0.05, 0.1) is 6.54 Å². The molecule has 0 saturated carbocycles. The standard InChI is InChI=1S/C17H16ClFN4O2/c1-2-25-10-15-21-17(11-6-7-16(24)20-8-11)23(22-15)9-12-13(18)4-3-5-14(12)19/h3-8H,2,9-10H2,1H3,(H,20,24). The summed E-state index contributed by atoms with van der Waals surface area (Å²) in [6.45, 7) is 2.75. The van der Waals surface area contributed by atoms with Crippen LogP contribution in [0.4, 0.5) is 4.39 Å². The summed E-state index contributed by atoms with van der Waals surface area (Å²) in [4.78, 5) is 18.3. The second-order valence-electron chi connectivity index (χ2n) is 5.29. The maximum absolute atomic E-state index is 14.1. The Balaban J connectivity index is 2.02. The molecule has 0 aliphatic heterocycles. The molecule has 0 spiro atoms. The second-order valence-corrected chi connectivity index (χ2v) is 5.70. The molecule has 0 saturated heterocycles. The van der Waals surface area contributed by atoms with Crippen molar-refractivity contribution in [2.75, 3.05) is 6.61 Å². The van der Waals surface area contributed by atoms with E-state index in [-0.39, 0.29) is 18.7 Å². The topological polar surface area (TPSA) is 72.8 Å². The summed E-state index contributed by atoms with van der Waals surface area (Å²) in [5, 5.41) is 4.70. The van der Waals surface area contributed by atoms with Crippen molar-refractivity contribution in [2.24, 2.45) is 0 Å². The molecule has 130 valence electrons. The first kappa shape index (κ1) is 17.3. The average Bonchev–Trinajstić information content (AvgIpc) is 3.00. The lowest BCUT2D eigenvalue weighted by Gasteiger charge is -2.08. The van der Waals surface area contributed by atoms with Crippen LogP contribution in [-0.2, 0) is 17.9 Å². The van der Waals surface area contributed by atoms with Crippen molar-refractivity contribution in [3.63, 3.8) is 0 Å². The van der Waals surface area contributed by atoms with E-state index in [9.17, 15) is 9.18 Å². The van der Waals surface area contributed by atoms with Gasteiger partial charge in [-0.2, -0.15) is 5.10 Å². The number of benzene rings is 1. The molecular weight excluding hydrogens is 347 g/mol. The number of aromatic amines is 1. The third kappa shape index (κ3) is 3.94. The monoisotopic (exact) mass is 362 g/mol. The number of rotatable bonds is 6. The number of H-pyrrole nitrogens is 1. The van der Waals surface area contributed by atoms with Gasteiger partial charge >= 0.3 is 0 Å². The van der Waals surface area contributed by atoms with Gasteiger partial charge in [0.1, 0.15) is 12.4 Å². The van der Waals surface area contributed by atoms with Crippen LogP contribution in [0, 0.1) is 5.82 Å². The molecule has 0 aliphatic rings. The van der Waals surface area contributed by atoms with Crippen molar-refractivity contribution in [2.45, 2.75) is 20.1 Å². The number of hydrogen-bond donors (Lipinski definition) is 1. The Kier molecular flexibility index (Phi) is 5.25. The van der Waals surface area contributed by atoms with E-state index in [1.807, 2.05) is 6.92 Å². The van der Waals surface area contributed by atoms with E-state index in [1.165, 1.54) is 18.3 Å². The number of ether oxygens (including phenoxy) is 1. The molecule has 25 heavy (non-hydrogen) atoms. The Morgan fingerprint density at radius 1 is 1.32 bits per heavy atom. The summed E-state index contributed by atoms with van der Waals surface area (Å²) in [6.07, 6.45) is 1.54. The van der Waals surface area contributed by atoms with Gasteiger partial charge in [0.15, 0.2) is 11.6 Å². The zero-order valence-electron chi connectivity index (χ0n) is 13.5. The molecule has 2 heterocycles. The lowest BCUT2D eigenvalue weighted by molar-refractivity contribution is 0.128. The molecule has 3 aromatic rings. The number of halogens is 2. The van der Waals surface area contributed by atoms with E-state index >= 15 is 0 Å². The van der Waals surface area contributed by atoms with Gasteiger partial charge in [0, 0.05) is 35.0 Å². The molecule has 0 unspecified atom stereocenters. The minimum Gasteiger partial charge on any atom is -0.374 e.